The predicted molar refractivity (Wildman–Crippen MR) is 57.3 cm³/mol. The molecule has 1 saturated heterocycles. The average molecular weight is 198 g/mol. The van der Waals surface area contributed by atoms with Crippen LogP contribution in [0.1, 0.15) is 38.5 Å². The molecule has 3 nitrogen and oxygen atoms in total. The summed E-state index contributed by atoms with van der Waals surface area (Å²) in [6, 6.07) is 0.639. The lowest BCUT2D eigenvalue weighted by Crippen LogP contribution is -2.42. The zero-order valence-corrected chi connectivity index (χ0v) is 8.89. The van der Waals surface area contributed by atoms with E-state index in [1.807, 2.05) is 0 Å². The molecule has 3 heteroatoms. The van der Waals surface area contributed by atoms with Gasteiger partial charge in [0.25, 0.3) is 0 Å². The van der Waals surface area contributed by atoms with Crippen LogP contribution >= 0.6 is 0 Å². The summed E-state index contributed by atoms with van der Waals surface area (Å²) >= 11 is 0. The number of hydrogen-bond donors (Lipinski definition) is 3. The monoisotopic (exact) mass is 198 g/mol. The molecule has 0 spiro atoms. The Morgan fingerprint density at radius 2 is 2.07 bits per heavy atom. The maximum Gasteiger partial charge on any atom is 0.0771 e. The number of nitrogens with one attached hydrogen (secondary N) is 2. The van der Waals surface area contributed by atoms with Crippen LogP contribution in [0, 0.1) is 0 Å². The molecule has 1 heterocycles. The maximum absolute atomic E-state index is 10.1. The van der Waals surface area contributed by atoms with Crippen molar-refractivity contribution in [2.75, 3.05) is 19.6 Å². The Hall–Kier alpha value is -0.120. The lowest BCUT2D eigenvalue weighted by atomic mass is 10.0. The molecule has 0 aromatic rings. The standard InChI is InChI=1S/C11H22N2O/c14-11(5-1-2-6-11)9-12-8-10-4-3-7-13-10/h10,12-14H,1-9H2. The molecule has 2 fully saturated rings. The first-order valence-corrected chi connectivity index (χ1v) is 5.95. The van der Waals surface area contributed by atoms with Crippen molar-refractivity contribution in [2.24, 2.45) is 0 Å². The van der Waals surface area contributed by atoms with Crippen molar-refractivity contribution in [1.29, 1.82) is 0 Å². The molecule has 2 aliphatic rings. The zero-order valence-electron chi connectivity index (χ0n) is 8.89. The SMILES string of the molecule is OC1(CNCC2CCCN2)CCCC1. The fourth-order valence-electron chi connectivity index (χ4n) is 2.62. The van der Waals surface area contributed by atoms with Crippen LogP contribution in [-0.4, -0.2) is 36.4 Å². The Bertz CT molecular complexity index is 172. The third-order valence-electron chi connectivity index (χ3n) is 3.54. The Kier molecular flexibility index (Phi) is 3.42. The minimum absolute atomic E-state index is 0.390. The molecule has 0 amide bonds. The van der Waals surface area contributed by atoms with E-state index in [4.69, 9.17) is 0 Å². The van der Waals surface area contributed by atoms with Crippen molar-refractivity contribution >= 4 is 0 Å². The molecule has 0 bridgehead atoms. The van der Waals surface area contributed by atoms with Crippen LogP contribution in [0.15, 0.2) is 0 Å². The van der Waals surface area contributed by atoms with Crippen LogP contribution in [0.3, 0.4) is 0 Å². The van der Waals surface area contributed by atoms with Crippen LogP contribution < -0.4 is 10.6 Å². The summed E-state index contributed by atoms with van der Waals surface area (Å²) < 4.78 is 0. The van der Waals surface area contributed by atoms with Crippen molar-refractivity contribution in [2.45, 2.75) is 50.2 Å². The van der Waals surface area contributed by atoms with Gasteiger partial charge in [0.05, 0.1) is 5.60 Å². The van der Waals surface area contributed by atoms with Crippen molar-refractivity contribution in [3.05, 3.63) is 0 Å². The molecule has 1 saturated carbocycles. The summed E-state index contributed by atoms with van der Waals surface area (Å²) in [5.41, 5.74) is -0.390. The van der Waals surface area contributed by atoms with Crippen LogP contribution in [0.4, 0.5) is 0 Å². The normalized spacial score (nSPS) is 31.1. The quantitative estimate of drug-likeness (QED) is 0.621. The van der Waals surface area contributed by atoms with E-state index in [2.05, 4.69) is 10.6 Å². The van der Waals surface area contributed by atoms with Crippen molar-refractivity contribution in [3.8, 4) is 0 Å². The van der Waals surface area contributed by atoms with Gasteiger partial charge >= 0.3 is 0 Å². The Morgan fingerprint density at radius 1 is 1.29 bits per heavy atom. The maximum atomic E-state index is 10.1. The van der Waals surface area contributed by atoms with Gasteiger partial charge in [-0.25, -0.2) is 0 Å². The lowest BCUT2D eigenvalue weighted by Gasteiger charge is -2.23. The molecule has 1 atom stereocenters. The van der Waals surface area contributed by atoms with Gasteiger partial charge in [-0.3, -0.25) is 0 Å². The van der Waals surface area contributed by atoms with E-state index < -0.39 is 5.60 Å². The van der Waals surface area contributed by atoms with E-state index >= 15 is 0 Å². The Morgan fingerprint density at radius 3 is 2.71 bits per heavy atom. The van der Waals surface area contributed by atoms with Gasteiger partial charge in [0, 0.05) is 19.1 Å². The van der Waals surface area contributed by atoms with Crippen molar-refractivity contribution < 1.29 is 5.11 Å². The van der Waals surface area contributed by atoms with Gasteiger partial charge in [0.1, 0.15) is 0 Å². The third-order valence-corrected chi connectivity index (χ3v) is 3.54. The van der Waals surface area contributed by atoms with E-state index in [1.165, 1.54) is 25.7 Å². The molecule has 82 valence electrons. The molecule has 1 unspecified atom stereocenters. The highest BCUT2D eigenvalue weighted by atomic mass is 16.3. The van der Waals surface area contributed by atoms with Gasteiger partial charge in [-0.05, 0) is 32.2 Å². The molecule has 1 aliphatic carbocycles. The van der Waals surface area contributed by atoms with Gasteiger partial charge in [0.15, 0.2) is 0 Å². The van der Waals surface area contributed by atoms with Crippen LogP contribution in [0.2, 0.25) is 0 Å². The topological polar surface area (TPSA) is 44.3 Å². The second-order valence-corrected chi connectivity index (χ2v) is 4.86. The number of aliphatic hydroxyl groups is 1. The van der Waals surface area contributed by atoms with E-state index in [9.17, 15) is 5.11 Å². The first kappa shape index (κ1) is 10.4. The highest BCUT2D eigenvalue weighted by Gasteiger charge is 2.30. The molecule has 0 radical (unpaired) electrons. The highest BCUT2D eigenvalue weighted by molar-refractivity contribution is 4.87. The highest BCUT2D eigenvalue weighted by Crippen LogP contribution is 2.28. The molecule has 1 aliphatic heterocycles. The smallest absolute Gasteiger partial charge is 0.0771 e. The van der Waals surface area contributed by atoms with Crippen molar-refractivity contribution in [1.82, 2.24) is 10.6 Å². The molecule has 14 heavy (non-hydrogen) atoms. The van der Waals surface area contributed by atoms with Gasteiger partial charge in [-0.15, -0.1) is 0 Å². The first-order valence-electron chi connectivity index (χ1n) is 5.95. The average Bonchev–Trinajstić information content (AvgIpc) is 2.77. The van der Waals surface area contributed by atoms with Gasteiger partial charge < -0.3 is 15.7 Å². The fourth-order valence-corrected chi connectivity index (χ4v) is 2.62. The summed E-state index contributed by atoms with van der Waals surface area (Å²) in [5.74, 6) is 0. The lowest BCUT2D eigenvalue weighted by molar-refractivity contribution is 0.0475. The predicted octanol–water partition coefficient (Wildman–Crippen LogP) is 0.633. The Balaban J connectivity index is 1.61. The van der Waals surface area contributed by atoms with Gasteiger partial charge in [-0.1, -0.05) is 12.8 Å². The van der Waals surface area contributed by atoms with Gasteiger partial charge in [0.2, 0.25) is 0 Å². The van der Waals surface area contributed by atoms with E-state index in [0.29, 0.717) is 6.04 Å². The minimum Gasteiger partial charge on any atom is -0.389 e. The number of hydrogen-bond acceptors (Lipinski definition) is 3. The van der Waals surface area contributed by atoms with Crippen molar-refractivity contribution in [3.63, 3.8) is 0 Å². The summed E-state index contributed by atoms with van der Waals surface area (Å²) in [5, 5.41) is 16.9. The number of rotatable bonds is 4. The van der Waals surface area contributed by atoms with Crippen LogP contribution in [-0.2, 0) is 0 Å². The third kappa shape index (κ3) is 2.69. The summed E-state index contributed by atoms with van der Waals surface area (Å²) in [7, 11) is 0. The summed E-state index contributed by atoms with van der Waals surface area (Å²) in [6.07, 6.45) is 6.94. The largest absolute Gasteiger partial charge is 0.389 e. The summed E-state index contributed by atoms with van der Waals surface area (Å²) in [6.45, 7) is 2.96. The van der Waals surface area contributed by atoms with E-state index in [0.717, 1.165) is 32.5 Å². The molecular formula is C11H22N2O. The summed E-state index contributed by atoms with van der Waals surface area (Å²) in [4.78, 5) is 0. The second-order valence-electron chi connectivity index (χ2n) is 4.86. The zero-order chi connectivity index (χ0) is 9.86. The molecular weight excluding hydrogens is 176 g/mol. The first-order chi connectivity index (χ1) is 6.79. The van der Waals surface area contributed by atoms with Gasteiger partial charge in [-0.2, -0.15) is 0 Å². The molecule has 3 N–H and O–H groups in total. The molecule has 0 aromatic carbocycles. The van der Waals surface area contributed by atoms with Crippen LogP contribution in [0.25, 0.3) is 0 Å². The molecule has 0 aromatic heterocycles. The van der Waals surface area contributed by atoms with Crippen LogP contribution in [0.5, 0.6) is 0 Å². The molecule has 2 rings (SSSR count). The fraction of sp³-hybridized carbons (Fsp3) is 1.00. The van der Waals surface area contributed by atoms with E-state index in [-0.39, 0.29) is 0 Å². The minimum atomic E-state index is -0.390. The second kappa shape index (κ2) is 4.60. The Labute approximate surface area is 86.3 Å². The van der Waals surface area contributed by atoms with E-state index in [1.54, 1.807) is 0 Å².